The number of carbonyl (C=O) groups excluding carboxylic acids is 2. The summed E-state index contributed by atoms with van der Waals surface area (Å²) in [6.07, 6.45) is 1.71. The lowest BCUT2D eigenvalue weighted by molar-refractivity contribution is -0.133. The van der Waals surface area contributed by atoms with Gasteiger partial charge in [-0.1, -0.05) is 12.1 Å². The van der Waals surface area contributed by atoms with E-state index in [2.05, 4.69) is 10.3 Å². The summed E-state index contributed by atoms with van der Waals surface area (Å²) in [5, 5.41) is 5.43. The van der Waals surface area contributed by atoms with Crippen molar-refractivity contribution in [1.82, 2.24) is 9.88 Å². The molecule has 1 fully saturated rings. The summed E-state index contributed by atoms with van der Waals surface area (Å²) in [5.41, 5.74) is 1.84. The highest BCUT2D eigenvalue weighted by atomic mass is 32.1. The van der Waals surface area contributed by atoms with Crippen LogP contribution in [0.2, 0.25) is 0 Å². The molecule has 1 aromatic heterocycles. The van der Waals surface area contributed by atoms with Gasteiger partial charge in [0.2, 0.25) is 11.8 Å². The number of ether oxygens (including phenoxy) is 1. The molecule has 1 saturated heterocycles. The molecule has 0 spiro atoms. The normalized spacial score (nSPS) is 14.9. The Bertz CT molecular complexity index is 782. The molecule has 1 aliphatic heterocycles. The zero-order valence-electron chi connectivity index (χ0n) is 15.0. The van der Waals surface area contributed by atoms with Gasteiger partial charge >= 0.3 is 0 Å². The molecular weight excluding hydrogens is 350 g/mol. The number of benzene rings is 1. The molecular formula is C19H23N3O3S. The average molecular weight is 373 g/mol. The van der Waals surface area contributed by atoms with Gasteiger partial charge in [0.25, 0.3) is 0 Å². The van der Waals surface area contributed by atoms with Crippen LogP contribution in [-0.4, -0.2) is 41.9 Å². The van der Waals surface area contributed by atoms with Crippen LogP contribution in [0.15, 0.2) is 29.6 Å². The summed E-state index contributed by atoms with van der Waals surface area (Å²) < 4.78 is 5.20. The second-order valence-electron chi connectivity index (χ2n) is 6.47. The number of carbonyl (C=O) groups is 2. The monoisotopic (exact) mass is 373 g/mol. The molecule has 7 heteroatoms. The third-order valence-electron chi connectivity index (χ3n) is 4.56. The number of amides is 2. The molecule has 0 saturated carbocycles. The van der Waals surface area contributed by atoms with E-state index in [0.717, 1.165) is 17.0 Å². The molecule has 0 atom stereocenters. The van der Waals surface area contributed by atoms with Gasteiger partial charge in [-0.15, -0.1) is 11.3 Å². The Labute approximate surface area is 157 Å². The Balaban J connectivity index is 1.49. The predicted molar refractivity (Wildman–Crippen MR) is 101 cm³/mol. The minimum absolute atomic E-state index is 0.000699. The number of nitrogens with zero attached hydrogens (tertiary/aromatic N) is 2. The van der Waals surface area contributed by atoms with E-state index in [1.807, 2.05) is 41.5 Å². The van der Waals surface area contributed by atoms with Crippen molar-refractivity contribution >= 4 is 28.3 Å². The molecule has 26 heavy (non-hydrogen) atoms. The standard InChI is InChI=1S/C19H23N3O3S/c1-13-12-26-19(20-13)21-18(24)15-6-8-22(9-7-15)17(23)11-14-4-3-5-16(10-14)25-2/h3-5,10,12,15H,6-9,11H2,1-2H3,(H,20,21,24). The van der Waals surface area contributed by atoms with Crippen LogP contribution in [0.4, 0.5) is 5.13 Å². The number of rotatable bonds is 5. The molecule has 1 aliphatic rings. The van der Waals surface area contributed by atoms with Gasteiger partial charge in [-0.3, -0.25) is 9.59 Å². The second-order valence-corrected chi connectivity index (χ2v) is 7.32. The summed E-state index contributed by atoms with van der Waals surface area (Å²) in [6, 6.07) is 7.56. The Kier molecular flexibility index (Phi) is 5.88. The number of nitrogens with one attached hydrogen (secondary N) is 1. The first-order chi connectivity index (χ1) is 12.5. The predicted octanol–water partition coefficient (Wildman–Crippen LogP) is 2.88. The number of piperidine rings is 1. The van der Waals surface area contributed by atoms with Crippen molar-refractivity contribution in [2.75, 3.05) is 25.5 Å². The SMILES string of the molecule is COc1cccc(CC(=O)N2CCC(C(=O)Nc3nc(C)cs3)CC2)c1. The molecule has 2 amide bonds. The number of likely N-dealkylation sites (tertiary alicyclic amines) is 1. The Morgan fingerprint density at radius 1 is 1.35 bits per heavy atom. The van der Waals surface area contributed by atoms with Gasteiger partial charge < -0.3 is 15.0 Å². The van der Waals surface area contributed by atoms with Gasteiger partial charge in [0.05, 0.1) is 19.2 Å². The molecule has 0 bridgehead atoms. The van der Waals surface area contributed by atoms with Crippen LogP contribution in [0, 0.1) is 12.8 Å². The van der Waals surface area contributed by atoms with Gasteiger partial charge in [-0.2, -0.15) is 0 Å². The topological polar surface area (TPSA) is 71.5 Å². The third kappa shape index (κ3) is 4.60. The Morgan fingerprint density at radius 3 is 2.77 bits per heavy atom. The summed E-state index contributed by atoms with van der Waals surface area (Å²) >= 11 is 1.43. The first-order valence-corrected chi connectivity index (χ1v) is 9.57. The maximum Gasteiger partial charge on any atom is 0.229 e. The van der Waals surface area contributed by atoms with Crippen LogP contribution in [0.3, 0.4) is 0 Å². The van der Waals surface area contributed by atoms with E-state index >= 15 is 0 Å². The van der Waals surface area contributed by atoms with E-state index in [0.29, 0.717) is 37.5 Å². The van der Waals surface area contributed by atoms with E-state index in [9.17, 15) is 9.59 Å². The van der Waals surface area contributed by atoms with Crippen molar-refractivity contribution in [1.29, 1.82) is 0 Å². The van der Waals surface area contributed by atoms with Crippen LogP contribution in [-0.2, 0) is 16.0 Å². The van der Waals surface area contributed by atoms with Crippen LogP contribution in [0.25, 0.3) is 0 Å². The lowest BCUT2D eigenvalue weighted by Crippen LogP contribution is -2.42. The molecule has 1 N–H and O–H groups in total. The second kappa shape index (κ2) is 8.31. The molecule has 3 rings (SSSR count). The minimum Gasteiger partial charge on any atom is -0.497 e. The van der Waals surface area contributed by atoms with Crippen molar-refractivity contribution in [3.63, 3.8) is 0 Å². The van der Waals surface area contributed by atoms with Crippen LogP contribution in [0.5, 0.6) is 5.75 Å². The number of hydrogen-bond donors (Lipinski definition) is 1. The molecule has 2 heterocycles. The number of thiazole rings is 1. The van der Waals surface area contributed by atoms with Crippen molar-refractivity contribution in [3.05, 3.63) is 40.9 Å². The van der Waals surface area contributed by atoms with Crippen LogP contribution >= 0.6 is 11.3 Å². The number of aromatic nitrogens is 1. The Morgan fingerprint density at radius 2 is 2.12 bits per heavy atom. The Hall–Kier alpha value is -2.41. The highest BCUT2D eigenvalue weighted by Gasteiger charge is 2.27. The van der Waals surface area contributed by atoms with Gasteiger partial charge in [-0.05, 0) is 37.5 Å². The van der Waals surface area contributed by atoms with E-state index in [4.69, 9.17) is 4.74 Å². The van der Waals surface area contributed by atoms with Crippen molar-refractivity contribution in [2.45, 2.75) is 26.2 Å². The number of anilines is 1. The highest BCUT2D eigenvalue weighted by Crippen LogP contribution is 2.22. The molecule has 0 unspecified atom stereocenters. The first kappa shape index (κ1) is 18.4. The number of hydrogen-bond acceptors (Lipinski definition) is 5. The summed E-state index contributed by atoms with van der Waals surface area (Å²) in [6.45, 7) is 3.12. The molecule has 2 aromatic rings. The van der Waals surface area contributed by atoms with Crippen molar-refractivity contribution < 1.29 is 14.3 Å². The number of aryl methyl sites for hydroxylation is 1. The lowest BCUT2D eigenvalue weighted by atomic mass is 9.95. The fraction of sp³-hybridized carbons (Fsp3) is 0.421. The van der Waals surface area contributed by atoms with Gasteiger partial charge in [0, 0.05) is 24.4 Å². The summed E-state index contributed by atoms with van der Waals surface area (Å²) in [7, 11) is 1.61. The molecule has 0 radical (unpaired) electrons. The van der Waals surface area contributed by atoms with E-state index < -0.39 is 0 Å². The highest BCUT2D eigenvalue weighted by molar-refractivity contribution is 7.13. The van der Waals surface area contributed by atoms with Gasteiger partial charge in [0.1, 0.15) is 5.75 Å². The number of methoxy groups -OCH3 is 1. The molecule has 0 aliphatic carbocycles. The van der Waals surface area contributed by atoms with E-state index in [-0.39, 0.29) is 17.7 Å². The lowest BCUT2D eigenvalue weighted by Gasteiger charge is -2.31. The zero-order valence-corrected chi connectivity index (χ0v) is 15.8. The van der Waals surface area contributed by atoms with Crippen LogP contribution in [0.1, 0.15) is 24.1 Å². The molecule has 6 nitrogen and oxygen atoms in total. The third-order valence-corrected chi connectivity index (χ3v) is 5.43. The molecule has 138 valence electrons. The maximum absolute atomic E-state index is 12.5. The fourth-order valence-corrected chi connectivity index (χ4v) is 3.77. The minimum atomic E-state index is -0.0694. The fourth-order valence-electron chi connectivity index (χ4n) is 3.08. The molecule has 1 aromatic carbocycles. The zero-order chi connectivity index (χ0) is 18.5. The van der Waals surface area contributed by atoms with Gasteiger partial charge in [-0.25, -0.2) is 4.98 Å². The quantitative estimate of drug-likeness (QED) is 0.875. The summed E-state index contributed by atoms with van der Waals surface area (Å²) in [5.74, 6) is 0.773. The van der Waals surface area contributed by atoms with Crippen molar-refractivity contribution in [2.24, 2.45) is 5.92 Å². The largest absolute Gasteiger partial charge is 0.497 e. The van der Waals surface area contributed by atoms with Gasteiger partial charge in [0.15, 0.2) is 5.13 Å². The smallest absolute Gasteiger partial charge is 0.229 e. The maximum atomic E-state index is 12.5. The summed E-state index contributed by atoms with van der Waals surface area (Å²) in [4.78, 5) is 31.0. The average Bonchev–Trinajstić information content (AvgIpc) is 3.06. The van der Waals surface area contributed by atoms with E-state index in [1.54, 1.807) is 7.11 Å². The van der Waals surface area contributed by atoms with Crippen molar-refractivity contribution in [3.8, 4) is 5.75 Å². The van der Waals surface area contributed by atoms with E-state index in [1.165, 1.54) is 11.3 Å². The first-order valence-electron chi connectivity index (χ1n) is 8.69. The van der Waals surface area contributed by atoms with Crippen LogP contribution < -0.4 is 10.1 Å².